The van der Waals surface area contributed by atoms with E-state index in [0.29, 0.717) is 6.04 Å². The molecule has 0 radical (unpaired) electrons. The lowest BCUT2D eigenvalue weighted by Crippen LogP contribution is -2.52. The maximum atomic E-state index is 10.6. The summed E-state index contributed by atoms with van der Waals surface area (Å²) in [5, 5.41) is 10.8. The second-order valence-corrected chi connectivity index (χ2v) is 7.91. The van der Waals surface area contributed by atoms with Gasteiger partial charge in [0.25, 0.3) is 0 Å². The van der Waals surface area contributed by atoms with Crippen LogP contribution in [-0.4, -0.2) is 57.9 Å². The molecule has 7 nitrogen and oxygen atoms in total. The molecule has 180 valence electrons. The predicted molar refractivity (Wildman–Crippen MR) is 123 cm³/mol. The summed E-state index contributed by atoms with van der Waals surface area (Å²) in [5.41, 5.74) is 4.56. The average molecular weight is 473 g/mol. The van der Waals surface area contributed by atoms with Crippen LogP contribution >= 0.6 is 0 Å². The van der Waals surface area contributed by atoms with Gasteiger partial charge in [-0.2, -0.15) is 13.2 Å². The molecule has 0 bridgehead atoms. The van der Waals surface area contributed by atoms with Gasteiger partial charge in [0, 0.05) is 54.9 Å². The van der Waals surface area contributed by atoms with Crippen molar-refractivity contribution in [2.75, 3.05) is 24.5 Å². The third-order valence-corrected chi connectivity index (χ3v) is 5.42. The molecule has 10 heteroatoms. The van der Waals surface area contributed by atoms with Gasteiger partial charge >= 0.3 is 12.1 Å². The quantitative estimate of drug-likeness (QED) is 0.596. The Bertz CT molecular complexity index is 1100. The van der Waals surface area contributed by atoms with E-state index in [4.69, 9.17) is 19.9 Å². The fourth-order valence-electron chi connectivity index (χ4n) is 3.60. The first kappa shape index (κ1) is 25.1. The van der Waals surface area contributed by atoms with Crippen LogP contribution in [0.2, 0.25) is 0 Å². The number of benzene rings is 1. The number of hydrogen-bond acceptors (Lipinski definition) is 6. The molecular weight excluding hydrogens is 447 g/mol. The van der Waals surface area contributed by atoms with Gasteiger partial charge in [-0.1, -0.05) is 30.3 Å². The SMILES string of the molecule is Cc1nc(-c2ccncc2)nc(N2CCNC(Cc3ccccc3)C2)c1C.O=C(O)C(F)(F)F. The van der Waals surface area contributed by atoms with E-state index >= 15 is 0 Å². The highest BCUT2D eigenvalue weighted by atomic mass is 19.4. The number of piperazine rings is 1. The minimum absolute atomic E-state index is 0.417. The van der Waals surface area contributed by atoms with Crippen LogP contribution in [0.1, 0.15) is 16.8 Å². The minimum atomic E-state index is -5.08. The number of rotatable bonds is 4. The summed E-state index contributed by atoms with van der Waals surface area (Å²) in [7, 11) is 0. The van der Waals surface area contributed by atoms with Gasteiger partial charge < -0.3 is 15.3 Å². The van der Waals surface area contributed by atoms with Crippen molar-refractivity contribution in [1.29, 1.82) is 0 Å². The van der Waals surface area contributed by atoms with Crippen LogP contribution in [0, 0.1) is 13.8 Å². The Balaban J connectivity index is 0.000000406. The Morgan fingerprint density at radius 1 is 1.12 bits per heavy atom. The molecule has 1 unspecified atom stereocenters. The first-order valence-corrected chi connectivity index (χ1v) is 10.7. The number of alkyl halides is 3. The first-order valence-electron chi connectivity index (χ1n) is 10.7. The van der Waals surface area contributed by atoms with E-state index in [1.807, 2.05) is 12.1 Å². The molecule has 0 amide bonds. The van der Waals surface area contributed by atoms with E-state index in [9.17, 15) is 13.2 Å². The van der Waals surface area contributed by atoms with Crippen LogP contribution in [0.25, 0.3) is 11.4 Å². The largest absolute Gasteiger partial charge is 0.490 e. The normalized spacial score (nSPS) is 15.9. The molecule has 1 fully saturated rings. The Morgan fingerprint density at radius 2 is 1.76 bits per heavy atom. The molecule has 3 heterocycles. The number of halogens is 3. The number of aryl methyl sites for hydroxylation is 1. The van der Waals surface area contributed by atoms with Gasteiger partial charge in [-0.25, -0.2) is 14.8 Å². The highest BCUT2D eigenvalue weighted by molar-refractivity contribution is 5.73. The third-order valence-electron chi connectivity index (χ3n) is 5.42. The molecule has 3 aromatic rings. The zero-order valence-corrected chi connectivity index (χ0v) is 18.9. The monoisotopic (exact) mass is 473 g/mol. The number of nitrogens with one attached hydrogen (secondary N) is 1. The van der Waals surface area contributed by atoms with Crippen molar-refractivity contribution in [2.45, 2.75) is 32.5 Å². The summed E-state index contributed by atoms with van der Waals surface area (Å²) < 4.78 is 31.7. The zero-order chi connectivity index (χ0) is 24.7. The van der Waals surface area contributed by atoms with Gasteiger partial charge in [0.1, 0.15) is 5.82 Å². The average Bonchev–Trinajstić information content (AvgIpc) is 2.82. The molecule has 0 spiro atoms. The third kappa shape index (κ3) is 6.74. The van der Waals surface area contributed by atoms with Crippen molar-refractivity contribution < 1.29 is 23.1 Å². The van der Waals surface area contributed by atoms with Crippen LogP contribution in [-0.2, 0) is 11.2 Å². The van der Waals surface area contributed by atoms with E-state index in [0.717, 1.165) is 54.5 Å². The number of carboxylic acid groups (broad SMARTS) is 1. The number of anilines is 1. The van der Waals surface area contributed by atoms with Crippen LogP contribution in [0.15, 0.2) is 54.9 Å². The number of carboxylic acids is 1. The Morgan fingerprint density at radius 3 is 2.38 bits per heavy atom. The predicted octanol–water partition coefficient (Wildman–Crippen LogP) is 3.81. The summed E-state index contributed by atoms with van der Waals surface area (Å²) in [6, 6.07) is 15.0. The lowest BCUT2D eigenvalue weighted by Gasteiger charge is -2.35. The second kappa shape index (κ2) is 11.1. The molecule has 2 N–H and O–H groups in total. The molecule has 1 aliphatic rings. The lowest BCUT2D eigenvalue weighted by molar-refractivity contribution is -0.192. The number of aliphatic carboxylic acids is 1. The maximum absolute atomic E-state index is 10.6. The molecule has 0 aliphatic carbocycles. The van der Waals surface area contributed by atoms with Gasteiger partial charge in [-0.3, -0.25) is 4.98 Å². The van der Waals surface area contributed by atoms with Gasteiger partial charge in [-0.15, -0.1) is 0 Å². The number of hydrogen-bond donors (Lipinski definition) is 2. The fraction of sp³-hybridized carbons (Fsp3) is 0.333. The molecule has 1 saturated heterocycles. The lowest BCUT2D eigenvalue weighted by atomic mass is 10.0. The topological polar surface area (TPSA) is 91.2 Å². The van der Waals surface area contributed by atoms with E-state index in [1.54, 1.807) is 12.4 Å². The molecule has 1 aromatic carbocycles. The Labute approximate surface area is 195 Å². The molecule has 2 aromatic heterocycles. The van der Waals surface area contributed by atoms with E-state index in [2.05, 4.69) is 59.4 Å². The van der Waals surface area contributed by atoms with E-state index in [-0.39, 0.29) is 0 Å². The molecule has 1 atom stereocenters. The minimum Gasteiger partial charge on any atom is -0.475 e. The first-order chi connectivity index (χ1) is 16.1. The molecule has 1 aliphatic heterocycles. The Kier molecular flexibility index (Phi) is 8.17. The van der Waals surface area contributed by atoms with Crippen molar-refractivity contribution in [2.24, 2.45) is 0 Å². The Hall–Kier alpha value is -3.53. The second-order valence-electron chi connectivity index (χ2n) is 7.91. The summed E-state index contributed by atoms with van der Waals surface area (Å²) in [6.45, 7) is 7.05. The summed E-state index contributed by atoms with van der Waals surface area (Å²) in [5.74, 6) is -0.935. The van der Waals surface area contributed by atoms with Gasteiger partial charge in [0.2, 0.25) is 0 Å². The van der Waals surface area contributed by atoms with Crippen molar-refractivity contribution in [3.63, 3.8) is 0 Å². The zero-order valence-electron chi connectivity index (χ0n) is 18.9. The van der Waals surface area contributed by atoms with Crippen molar-refractivity contribution in [1.82, 2.24) is 20.3 Å². The number of pyridine rings is 1. The maximum Gasteiger partial charge on any atom is 0.490 e. The smallest absolute Gasteiger partial charge is 0.475 e. The highest BCUT2D eigenvalue weighted by Gasteiger charge is 2.38. The van der Waals surface area contributed by atoms with Crippen LogP contribution in [0.3, 0.4) is 0 Å². The highest BCUT2D eigenvalue weighted by Crippen LogP contribution is 2.25. The molecule has 4 rings (SSSR count). The summed E-state index contributed by atoms with van der Waals surface area (Å²) in [6.07, 6.45) is -0.486. The number of aromatic nitrogens is 3. The molecular formula is C24H26F3N5O2. The summed E-state index contributed by atoms with van der Waals surface area (Å²) in [4.78, 5) is 25.0. The van der Waals surface area contributed by atoms with Crippen molar-refractivity contribution >= 4 is 11.8 Å². The standard InChI is InChI=1S/C22H25N5.C2HF3O2/c1-16-17(2)25-21(19-8-10-23-11-9-19)26-22(16)27-13-12-24-20(15-27)14-18-6-4-3-5-7-18;3-2(4,5)1(6)7/h3-11,20,24H,12-15H2,1-2H3;(H,6,7). The van der Waals surface area contributed by atoms with Crippen LogP contribution in [0.4, 0.5) is 19.0 Å². The molecule has 0 saturated carbocycles. The van der Waals surface area contributed by atoms with Crippen molar-refractivity contribution in [3.8, 4) is 11.4 Å². The number of nitrogens with zero attached hydrogens (tertiary/aromatic N) is 4. The fourth-order valence-corrected chi connectivity index (χ4v) is 3.60. The van der Waals surface area contributed by atoms with E-state index in [1.165, 1.54) is 5.56 Å². The molecule has 34 heavy (non-hydrogen) atoms. The van der Waals surface area contributed by atoms with E-state index < -0.39 is 12.1 Å². The van der Waals surface area contributed by atoms with Crippen molar-refractivity contribution in [3.05, 3.63) is 71.7 Å². The van der Waals surface area contributed by atoms with Gasteiger partial charge in [-0.05, 0) is 38.0 Å². The van der Waals surface area contributed by atoms with Crippen LogP contribution < -0.4 is 10.2 Å². The summed E-state index contributed by atoms with van der Waals surface area (Å²) >= 11 is 0. The van der Waals surface area contributed by atoms with Crippen LogP contribution in [0.5, 0.6) is 0 Å². The number of carbonyl (C=O) groups is 1. The van der Waals surface area contributed by atoms with Gasteiger partial charge in [0.05, 0.1) is 0 Å². The van der Waals surface area contributed by atoms with Gasteiger partial charge in [0.15, 0.2) is 5.82 Å².